The Labute approximate surface area is 181 Å². The highest BCUT2D eigenvalue weighted by Crippen LogP contribution is 2.36. The van der Waals surface area contributed by atoms with Crippen LogP contribution in [0.3, 0.4) is 0 Å². The average Bonchev–Trinajstić information content (AvgIpc) is 2.74. The van der Waals surface area contributed by atoms with Gasteiger partial charge in [0.2, 0.25) is 0 Å². The Morgan fingerprint density at radius 1 is 0.906 bits per heavy atom. The molecule has 2 heterocycles. The Morgan fingerprint density at radius 3 is 2.00 bits per heavy atom. The van der Waals surface area contributed by atoms with E-state index in [1.165, 1.54) is 0 Å². The van der Waals surface area contributed by atoms with Gasteiger partial charge in [-0.05, 0) is 6.92 Å². The SMILES string of the molecule is CC(O)C(O)C(O)CC(=O)[C@]1(CO)O[C@@H](O)[C@H](O)[C@H](O)[C@@H]1OC1OC(O)C(O)C(O)C1O. The number of carbonyl (C=O) groups is 1. The van der Waals surface area contributed by atoms with E-state index < -0.39 is 98.2 Å². The van der Waals surface area contributed by atoms with Crippen LogP contribution in [0.25, 0.3) is 0 Å². The van der Waals surface area contributed by atoms with Crippen molar-refractivity contribution in [3.8, 4) is 0 Å². The number of carbonyl (C=O) groups excluding carboxylic acids is 1. The van der Waals surface area contributed by atoms with Crippen molar-refractivity contribution in [1.82, 2.24) is 0 Å². The average molecular weight is 474 g/mol. The number of rotatable bonds is 8. The third kappa shape index (κ3) is 5.11. The minimum absolute atomic E-state index is 0.986. The van der Waals surface area contributed by atoms with E-state index in [0.717, 1.165) is 6.92 Å². The molecule has 2 rings (SSSR count). The molecular formula is C17H30O15. The van der Waals surface area contributed by atoms with Crippen molar-refractivity contribution >= 4 is 5.78 Å². The van der Waals surface area contributed by atoms with Crippen molar-refractivity contribution in [3.63, 3.8) is 0 Å². The second-order valence-electron chi connectivity index (χ2n) is 7.89. The van der Waals surface area contributed by atoms with Gasteiger partial charge in [0.25, 0.3) is 0 Å². The zero-order valence-electron chi connectivity index (χ0n) is 16.9. The molecule has 0 aliphatic carbocycles. The van der Waals surface area contributed by atoms with Crippen molar-refractivity contribution < 1.29 is 75.2 Å². The zero-order chi connectivity index (χ0) is 24.5. The van der Waals surface area contributed by atoms with Gasteiger partial charge < -0.3 is 70.4 Å². The molecule has 0 aromatic rings. The molecule has 0 spiro atoms. The lowest BCUT2D eigenvalue weighted by molar-refractivity contribution is -0.386. The molecule has 8 unspecified atom stereocenters. The predicted octanol–water partition coefficient (Wildman–Crippen LogP) is -7.01. The first-order chi connectivity index (χ1) is 14.8. The maximum atomic E-state index is 12.9. The number of aliphatic hydroxyl groups excluding tert-OH is 11. The molecule has 188 valence electrons. The van der Waals surface area contributed by atoms with Crippen molar-refractivity contribution in [2.24, 2.45) is 0 Å². The number of hydrogen-bond acceptors (Lipinski definition) is 15. The van der Waals surface area contributed by atoms with Gasteiger partial charge in [0.15, 0.2) is 30.3 Å². The number of Topliss-reactive ketones (excluding diaryl/α,β-unsaturated/α-hetero) is 1. The van der Waals surface area contributed by atoms with Crippen LogP contribution in [-0.4, -0.2) is 148 Å². The summed E-state index contributed by atoms with van der Waals surface area (Å²) in [5, 5.41) is 108. The van der Waals surface area contributed by atoms with Gasteiger partial charge in [-0.2, -0.15) is 0 Å². The van der Waals surface area contributed by atoms with Crippen LogP contribution in [0, 0.1) is 0 Å². The van der Waals surface area contributed by atoms with E-state index in [9.17, 15) is 61.0 Å². The van der Waals surface area contributed by atoms with Crippen molar-refractivity contribution in [2.45, 2.75) is 92.8 Å². The molecule has 13 atom stereocenters. The second kappa shape index (κ2) is 10.6. The van der Waals surface area contributed by atoms with E-state index in [1.807, 2.05) is 0 Å². The fourth-order valence-electron chi connectivity index (χ4n) is 3.50. The van der Waals surface area contributed by atoms with Crippen molar-refractivity contribution in [3.05, 3.63) is 0 Å². The zero-order valence-corrected chi connectivity index (χ0v) is 16.9. The monoisotopic (exact) mass is 474 g/mol. The minimum Gasteiger partial charge on any atom is -0.393 e. The van der Waals surface area contributed by atoms with Gasteiger partial charge in [-0.1, -0.05) is 0 Å². The Bertz CT molecular complexity index is 633. The second-order valence-corrected chi connectivity index (χ2v) is 7.89. The molecule has 32 heavy (non-hydrogen) atoms. The molecule has 15 heteroatoms. The number of ketones is 1. The van der Waals surface area contributed by atoms with Gasteiger partial charge in [0.05, 0.1) is 18.8 Å². The van der Waals surface area contributed by atoms with Crippen LogP contribution in [0.15, 0.2) is 0 Å². The van der Waals surface area contributed by atoms with Gasteiger partial charge in [0.1, 0.15) is 42.7 Å². The fourth-order valence-corrected chi connectivity index (χ4v) is 3.50. The van der Waals surface area contributed by atoms with Crippen LogP contribution in [0.1, 0.15) is 13.3 Å². The normalized spacial score (nSPS) is 45.8. The molecule has 11 N–H and O–H groups in total. The van der Waals surface area contributed by atoms with E-state index in [4.69, 9.17) is 14.2 Å². The van der Waals surface area contributed by atoms with Gasteiger partial charge in [-0.15, -0.1) is 0 Å². The van der Waals surface area contributed by atoms with Gasteiger partial charge >= 0.3 is 0 Å². The molecule has 0 aromatic carbocycles. The third-order valence-electron chi connectivity index (χ3n) is 5.56. The fraction of sp³-hybridized carbons (Fsp3) is 0.941. The molecule has 2 aliphatic rings. The summed E-state index contributed by atoms with van der Waals surface area (Å²) in [6.07, 6.45) is -24.8. The summed E-state index contributed by atoms with van der Waals surface area (Å²) in [5.74, 6) is -1.26. The van der Waals surface area contributed by atoms with E-state index in [1.54, 1.807) is 0 Å². The van der Waals surface area contributed by atoms with Crippen LogP contribution >= 0.6 is 0 Å². The van der Waals surface area contributed by atoms with E-state index >= 15 is 0 Å². The van der Waals surface area contributed by atoms with Crippen LogP contribution in [0.2, 0.25) is 0 Å². The molecule has 0 saturated carbocycles. The van der Waals surface area contributed by atoms with E-state index in [-0.39, 0.29) is 0 Å². The number of aliphatic hydroxyl groups is 11. The predicted molar refractivity (Wildman–Crippen MR) is 96.0 cm³/mol. The number of ether oxygens (including phenoxy) is 3. The highest BCUT2D eigenvalue weighted by Gasteiger charge is 2.60. The van der Waals surface area contributed by atoms with Crippen LogP contribution in [-0.2, 0) is 19.0 Å². The molecule has 0 aromatic heterocycles. The lowest BCUT2D eigenvalue weighted by atomic mass is 9.81. The molecule has 0 amide bonds. The lowest BCUT2D eigenvalue weighted by Crippen LogP contribution is -2.71. The maximum Gasteiger partial charge on any atom is 0.189 e. The van der Waals surface area contributed by atoms with Crippen LogP contribution in [0.5, 0.6) is 0 Å². The summed E-state index contributed by atoms with van der Waals surface area (Å²) in [6, 6.07) is 0. The third-order valence-corrected chi connectivity index (χ3v) is 5.56. The summed E-state index contributed by atoms with van der Waals surface area (Å²) >= 11 is 0. The summed E-state index contributed by atoms with van der Waals surface area (Å²) < 4.78 is 15.1. The first-order valence-corrected chi connectivity index (χ1v) is 9.72. The maximum absolute atomic E-state index is 12.9. The summed E-state index contributed by atoms with van der Waals surface area (Å²) in [7, 11) is 0. The summed E-state index contributed by atoms with van der Waals surface area (Å²) in [4.78, 5) is 12.9. The molecule has 2 aliphatic heterocycles. The minimum atomic E-state index is -2.70. The van der Waals surface area contributed by atoms with Crippen LogP contribution < -0.4 is 0 Å². The van der Waals surface area contributed by atoms with Crippen molar-refractivity contribution in [2.75, 3.05) is 6.61 Å². The summed E-state index contributed by atoms with van der Waals surface area (Å²) in [6.45, 7) is -0.189. The molecule has 2 fully saturated rings. The van der Waals surface area contributed by atoms with Gasteiger partial charge in [0, 0.05) is 6.42 Å². The smallest absolute Gasteiger partial charge is 0.189 e. The van der Waals surface area contributed by atoms with Gasteiger partial charge in [-0.3, -0.25) is 4.79 Å². The first kappa shape index (κ1) is 27.4. The first-order valence-electron chi connectivity index (χ1n) is 9.72. The molecule has 0 radical (unpaired) electrons. The van der Waals surface area contributed by atoms with E-state index in [2.05, 4.69) is 0 Å². The van der Waals surface area contributed by atoms with E-state index in [0.29, 0.717) is 0 Å². The number of hydrogen-bond donors (Lipinski definition) is 11. The largest absolute Gasteiger partial charge is 0.393 e. The Morgan fingerprint density at radius 2 is 1.47 bits per heavy atom. The Kier molecular flexibility index (Phi) is 9.04. The van der Waals surface area contributed by atoms with Crippen molar-refractivity contribution in [1.29, 1.82) is 0 Å². The molecule has 0 bridgehead atoms. The Hall–Kier alpha value is -0.890. The van der Waals surface area contributed by atoms with Gasteiger partial charge in [-0.25, -0.2) is 0 Å². The summed E-state index contributed by atoms with van der Waals surface area (Å²) in [5.41, 5.74) is -2.70. The lowest BCUT2D eigenvalue weighted by Gasteiger charge is -2.49. The molecular weight excluding hydrogens is 444 g/mol. The standard InChI is InChI=1S/C17H30O15/c1-4(19)7(22)5(20)2-6(21)17(3-18)13(9(24)11(26)15(29)32-17)30-16-12(27)8(23)10(25)14(28)31-16/h4-5,7-16,18-20,22-29H,2-3H2,1H3/t4?,5?,7?,8?,9-,10?,11+,12?,13-,14?,15+,16?,17-/m0/s1. The van der Waals surface area contributed by atoms with Crippen LogP contribution in [0.4, 0.5) is 0 Å². The molecule has 15 nitrogen and oxygen atoms in total. The topological polar surface area (TPSA) is 267 Å². The Balaban J connectivity index is 2.36. The molecule has 2 saturated heterocycles. The highest BCUT2D eigenvalue weighted by molar-refractivity contribution is 5.89. The highest BCUT2D eigenvalue weighted by atomic mass is 16.8. The quantitative estimate of drug-likeness (QED) is 0.156.